The second-order valence-electron chi connectivity index (χ2n) is 0.143. The van der Waals surface area contributed by atoms with E-state index in [2.05, 4.69) is 0 Å². The molecule has 0 aromatic carbocycles. The van der Waals surface area contributed by atoms with Crippen LogP contribution in [0.2, 0.25) is 0 Å². The average molecular weight is 362 g/mol. The molecule has 0 aromatic rings. The van der Waals surface area contributed by atoms with Crippen LogP contribution in [-0.4, -0.2) is 0 Å². The Hall–Kier alpha value is 2.12. The molecule has 0 fully saturated rings. The fourth-order valence-electron chi connectivity index (χ4n) is 0. The Morgan fingerprint density at radius 1 is 1.00 bits per heavy atom. The third-order valence-corrected chi connectivity index (χ3v) is 0. The Morgan fingerprint density at radius 2 is 1.00 bits per heavy atom. The predicted octanol–water partition coefficient (Wildman–Crippen LogP) is 2.06. The zero-order valence-electron chi connectivity index (χ0n) is 1.77. The monoisotopic (exact) mass is 361 g/mol. The van der Waals surface area contributed by atoms with Gasteiger partial charge in [-0.25, -0.2) is 0 Å². The molecule has 0 unspecified atom stereocenters. The van der Waals surface area contributed by atoms with E-state index in [4.69, 9.17) is 30.4 Å². The molecule has 0 nitrogen and oxygen atoms in total. The van der Waals surface area contributed by atoms with Crippen molar-refractivity contribution in [2.45, 2.75) is 0 Å². The Morgan fingerprint density at radius 3 is 1.00 bits per heavy atom. The van der Waals surface area contributed by atoms with Crippen molar-refractivity contribution < 1.29 is 33.3 Å². The average Bonchev–Trinajstić information content (AvgIpc) is 0.811. The second-order valence-corrected chi connectivity index (χ2v) is 5.30. The molecule has 0 amide bonds. The first-order valence-electron chi connectivity index (χ1n) is 0.378. The van der Waals surface area contributed by atoms with Crippen LogP contribution in [0.3, 0.4) is 0 Å². The molecule has 0 bridgehead atoms. The first-order chi connectivity index (χ1) is 1.73. The van der Waals surface area contributed by atoms with Gasteiger partial charge in [-0.3, -0.25) is 0 Å². The Bertz CT molecular complexity index is 11.6. The molecule has 0 aliphatic rings. The van der Waals surface area contributed by atoms with Crippen molar-refractivity contribution >= 4 is 30.4 Å². The van der Waals surface area contributed by atoms with Gasteiger partial charge in [0.25, 0.3) is 0 Å². The van der Waals surface area contributed by atoms with E-state index < -0.39 is 10.9 Å². The van der Waals surface area contributed by atoms with Crippen LogP contribution < -0.4 is 0 Å². The molecule has 41 valence electrons. The van der Waals surface area contributed by atoms with Gasteiger partial charge in [-0.15, -0.1) is 0 Å². The van der Waals surface area contributed by atoms with Crippen molar-refractivity contribution in [3.8, 4) is 0 Å². The molecule has 0 aliphatic heterocycles. The molecular weight excluding hydrogens is 362 g/mol. The number of hydrogen-bond donors (Lipinski definition) is 0. The summed E-state index contributed by atoms with van der Waals surface area (Å²) in [5, 5.41) is 0. The zero-order valence-corrected chi connectivity index (χ0v) is 7.24. The third-order valence-electron chi connectivity index (χ3n) is 0. The van der Waals surface area contributed by atoms with Gasteiger partial charge in [-0.2, -0.15) is 0 Å². The second kappa shape index (κ2) is 6.12. The number of rotatable bonds is 0. The van der Waals surface area contributed by atoms with Crippen LogP contribution >= 0.6 is 30.4 Å². The van der Waals surface area contributed by atoms with E-state index in [1.807, 2.05) is 0 Å². The molecule has 0 atom stereocenters. The molecule has 0 saturated heterocycles. The molecule has 0 rings (SSSR count). The van der Waals surface area contributed by atoms with E-state index in [0.717, 1.165) is 0 Å². The summed E-state index contributed by atoms with van der Waals surface area (Å²) < 4.78 is 0. The number of hydrogen-bond acceptors (Lipinski definition) is 0. The maximum atomic E-state index is 4.87. The summed E-state index contributed by atoms with van der Waals surface area (Å²) in [5.74, 6) is 0. The minimum atomic E-state index is -1.19. The molecular formula is AuCl3Co. The van der Waals surface area contributed by atoms with Crippen LogP contribution in [0.5, 0.6) is 0 Å². The fourth-order valence-corrected chi connectivity index (χ4v) is 0. The molecule has 0 heterocycles. The van der Waals surface area contributed by atoms with E-state index in [1.165, 1.54) is 0 Å². The normalized spacial score (nSPS) is 9.00. The predicted molar refractivity (Wildman–Crippen MR) is 17.6 cm³/mol. The van der Waals surface area contributed by atoms with Gasteiger partial charge in [0.15, 0.2) is 0 Å². The molecule has 5 heteroatoms. The van der Waals surface area contributed by atoms with Crippen LogP contribution in [-0.2, 0) is 33.3 Å². The summed E-state index contributed by atoms with van der Waals surface area (Å²) in [6, 6.07) is 0. The van der Waals surface area contributed by atoms with Crippen molar-refractivity contribution in [1.82, 2.24) is 0 Å². The van der Waals surface area contributed by atoms with Crippen molar-refractivity contribution in [3.63, 3.8) is 0 Å². The van der Waals surface area contributed by atoms with E-state index in [-0.39, 0.29) is 22.4 Å². The van der Waals surface area contributed by atoms with Crippen molar-refractivity contribution in [3.05, 3.63) is 0 Å². The first kappa shape index (κ1) is 10.2. The molecule has 0 aliphatic carbocycles. The zero-order chi connectivity index (χ0) is 3.58. The van der Waals surface area contributed by atoms with Crippen molar-refractivity contribution in [2.24, 2.45) is 0 Å². The molecule has 0 spiro atoms. The maximum absolute atomic E-state index is 4.87. The first-order valence-corrected chi connectivity index (χ1v) is 4.68. The third kappa shape index (κ3) is 23.1. The van der Waals surface area contributed by atoms with Gasteiger partial charge in [0.2, 0.25) is 0 Å². The summed E-state index contributed by atoms with van der Waals surface area (Å²) in [6.45, 7) is 0. The van der Waals surface area contributed by atoms with E-state index >= 15 is 0 Å². The van der Waals surface area contributed by atoms with Crippen LogP contribution in [0.4, 0.5) is 0 Å². The summed E-state index contributed by atoms with van der Waals surface area (Å²) >= 11 is 0. The van der Waals surface area contributed by atoms with Gasteiger partial charge in [0.1, 0.15) is 0 Å². The van der Waals surface area contributed by atoms with Crippen LogP contribution in [0.25, 0.3) is 0 Å². The van der Waals surface area contributed by atoms with Gasteiger partial charge >= 0.3 is 41.4 Å². The molecule has 0 saturated carbocycles. The van der Waals surface area contributed by atoms with Gasteiger partial charge < -0.3 is 0 Å². The minimum absolute atomic E-state index is 0. The standard InChI is InChI=1S/Au.3ClH.Co/h;3*1H;/q;;;;+3/p-3. The Kier molecular flexibility index (Phi) is 12.4. The molecule has 5 heavy (non-hydrogen) atoms. The van der Waals surface area contributed by atoms with E-state index in [0.29, 0.717) is 0 Å². The van der Waals surface area contributed by atoms with Gasteiger partial charge in [-0.1, -0.05) is 0 Å². The topological polar surface area (TPSA) is 0 Å². The molecule has 0 N–H and O–H groups in total. The quantitative estimate of drug-likeness (QED) is 0.579. The van der Waals surface area contributed by atoms with E-state index in [1.54, 1.807) is 0 Å². The van der Waals surface area contributed by atoms with Gasteiger partial charge in [0.05, 0.1) is 0 Å². The molecule has 1 radical (unpaired) electrons. The summed E-state index contributed by atoms with van der Waals surface area (Å²) in [6.07, 6.45) is 0. The molecule has 0 aromatic heterocycles. The van der Waals surface area contributed by atoms with Crippen molar-refractivity contribution in [1.29, 1.82) is 0 Å². The van der Waals surface area contributed by atoms with Crippen LogP contribution in [0, 0.1) is 0 Å². The summed E-state index contributed by atoms with van der Waals surface area (Å²) in [7, 11) is 13.4. The summed E-state index contributed by atoms with van der Waals surface area (Å²) in [4.78, 5) is 0. The fraction of sp³-hybridized carbons (Fsp3) is 0. The summed E-state index contributed by atoms with van der Waals surface area (Å²) in [5.41, 5.74) is 0. The Balaban J connectivity index is 0. The van der Waals surface area contributed by atoms with Crippen molar-refractivity contribution in [2.75, 3.05) is 0 Å². The van der Waals surface area contributed by atoms with Crippen LogP contribution in [0.15, 0.2) is 0 Å². The Labute approximate surface area is 63.2 Å². The van der Waals surface area contributed by atoms with E-state index in [9.17, 15) is 0 Å². The number of halogens is 3. The van der Waals surface area contributed by atoms with Gasteiger partial charge in [-0.05, 0) is 0 Å². The van der Waals surface area contributed by atoms with Gasteiger partial charge in [0, 0.05) is 22.4 Å². The van der Waals surface area contributed by atoms with Crippen LogP contribution in [0.1, 0.15) is 0 Å². The SMILES string of the molecule is [Au].[Cl][Co]([Cl])[Cl].